The summed E-state index contributed by atoms with van der Waals surface area (Å²) in [7, 11) is 0. The number of nitrogen functional groups attached to an aromatic ring is 1. The number of nitrogens with zero attached hydrogens (tertiary/aromatic N) is 4. The molecule has 0 aliphatic rings. The van der Waals surface area contributed by atoms with Gasteiger partial charge in [-0.3, -0.25) is 0 Å². The Kier molecular flexibility index (Phi) is 5.41. The monoisotopic (exact) mass is 293 g/mol. The number of hydrogen-bond donors (Lipinski definition) is 3. The molecule has 0 radical (unpaired) electrons. The molecule has 2 heterocycles. The van der Waals surface area contributed by atoms with E-state index in [-0.39, 0.29) is 0 Å². The number of hydrogen-bond acceptors (Lipinski definition) is 9. The molecule has 0 aliphatic carbocycles. The topological polar surface area (TPSA) is 124 Å². The average Bonchev–Trinajstić information content (AvgIpc) is 2.90. The minimum absolute atomic E-state index is 0.338. The van der Waals surface area contributed by atoms with Crippen LogP contribution in [0, 0.1) is 6.92 Å². The number of nitrogens with one attached hydrogen (secondary N) is 2. The quantitative estimate of drug-likeness (QED) is 0.475. The second-order valence-electron chi connectivity index (χ2n) is 4.24. The SMILES string of the molecule is CCOCc1nc(NN)cc(NCCc2noc(C)n2)n1. The first-order valence-corrected chi connectivity index (χ1v) is 6.66. The van der Waals surface area contributed by atoms with E-state index < -0.39 is 0 Å². The molecule has 0 saturated heterocycles. The largest absolute Gasteiger partial charge is 0.374 e. The Bertz CT molecular complexity index is 572. The molecule has 0 spiro atoms. The lowest BCUT2D eigenvalue weighted by molar-refractivity contribution is 0.128. The van der Waals surface area contributed by atoms with Gasteiger partial charge >= 0.3 is 0 Å². The second kappa shape index (κ2) is 7.50. The Balaban J connectivity index is 1.94. The number of ether oxygens (including phenoxy) is 1. The molecule has 2 aromatic rings. The Labute approximate surface area is 122 Å². The third-order valence-corrected chi connectivity index (χ3v) is 2.58. The lowest BCUT2D eigenvalue weighted by Crippen LogP contribution is -2.14. The Morgan fingerprint density at radius 2 is 2.05 bits per heavy atom. The predicted molar refractivity (Wildman–Crippen MR) is 76.4 cm³/mol. The Morgan fingerprint density at radius 3 is 2.71 bits per heavy atom. The number of rotatable bonds is 8. The lowest BCUT2D eigenvalue weighted by atomic mass is 10.4. The normalized spacial score (nSPS) is 10.6. The van der Waals surface area contributed by atoms with Crippen LogP contribution >= 0.6 is 0 Å². The van der Waals surface area contributed by atoms with Gasteiger partial charge in [0.1, 0.15) is 18.2 Å². The molecule has 0 aromatic carbocycles. The first kappa shape index (κ1) is 15.1. The third-order valence-electron chi connectivity index (χ3n) is 2.58. The van der Waals surface area contributed by atoms with Crippen LogP contribution in [0.1, 0.15) is 24.5 Å². The van der Waals surface area contributed by atoms with Crippen LogP contribution in [0.15, 0.2) is 10.6 Å². The van der Waals surface area contributed by atoms with Crippen molar-refractivity contribution in [3.8, 4) is 0 Å². The van der Waals surface area contributed by atoms with Gasteiger partial charge in [0, 0.05) is 32.6 Å². The number of nitrogens with two attached hydrogens (primary N) is 1. The summed E-state index contributed by atoms with van der Waals surface area (Å²) in [5.41, 5.74) is 2.51. The van der Waals surface area contributed by atoms with Crippen LogP contribution < -0.4 is 16.6 Å². The highest BCUT2D eigenvalue weighted by Gasteiger charge is 2.06. The average molecular weight is 293 g/mol. The van der Waals surface area contributed by atoms with Crippen molar-refractivity contribution < 1.29 is 9.26 Å². The highest BCUT2D eigenvalue weighted by atomic mass is 16.5. The predicted octanol–water partition coefficient (Wildman–Crippen LogP) is 0.645. The highest BCUT2D eigenvalue weighted by molar-refractivity contribution is 5.46. The van der Waals surface area contributed by atoms with E-state index in [1.807, 2.05) is 6.92 Å². The van der Waals surface area contributed by atoms with Crippen molar-refractivity contribution in [2.24, 2.45) is 5.84 Å². The van der Waals surface area contributed by atoms with Gasteiger partial charge in [-0.05, 0) is 6.92 Å². The zero-order valence-corrected chi connectivity index (χ0v) is 12.1. The zero-order valence-electron chi connectivity index (χ0n) is 12.1. The van der Waals surface area contributed by atoms with Crippen molar-refractivity contribution in [1.82, 2.24) is 20.1 Å². The molecule has 4 N–H and O–H groups in total. The maximum Gasteiger partial charge on any atom is 0.223 e. The van der Waals surface area contributed by atoms with Gasteiger partial charge in [-0.25, -0.2) is 15.8 Å². The summed E-state index contributed by atoms with van der Waals surface area (Å²) < 4.78 is 10.2. The molecule has 2 rings (SSSR count). The molecular formula is C12H19N7O2. The van der Waals surface area contributed by atoms with Crippen molar-refractivity contribution in [2.45, 2.75) is 26.9 Å². The smallest absolute Gasteiger partial charge is 0.223 e. The van der Waals surface area contributed by atoms with Gasteiger partial charge in [-0.2, -0.15) is 4.98 Å². The van der Waals surface area contributed by atoms with Crippen molar-refractivity contribution in [1.29, 1.82) is 0 Å². The fourth-order valence-electron chi connectivity index (χ4n) is 1.66. The van der Waals surface area contributed by atoms with E-state index in [2.05, 4.69) is 30.9 Å². The van der Waals surface area contributed by atoms with Crippen LogP contribution in [0.4, 0.5) is 11.6 Å². The summed E-state index contributed by atoms with van der Waals surface area (Å²) >= 11 is 0. The van der Waals surface area contributed by atoms with Gasteiger partial charge in [0.2, 0.25) is 5.89 Å². The zero-order chi connectivity index (χ0) is 15.1. The minimum atomic E-state index is 0.338. The number of anilines is 2. The van der Waals surface area contributed by atoms with Crippen LogP contribution in [-0.2, 0) is 17.8 Å². The van der Waals surface area contributed by atoms with Crippen LogP contribution in [0.25, 0.3) is 0 Å². The van der Waals surface area contributed by atoms with Gasteiger partial charge in [-0.1, -0.05) is 5.16 Å². The molecule has 114 valence electrons. The fraction of sp³-hybridized carbons (Fsp3) is 0.500. The van der Waals surface area contributed by atoms with Crippen LogP contribution in [0.2, 0.25) is 0 Å². The first-order chi connectivity index (χ1) is 10.2. The van der Waals surface area contributed by atoms with E-state index in [4.69, 9.17) is 15.1 Å². The maximum atomic E-state index is 5.40. The number of aromatic nitrogens is 4. The molecule has 0 unspecified atom stereocenters. The van der Waals surface area contributed by atoms with Crippen LogP contribution in [0.5, 0.6) is 0 Å². The summed E-state index contributed by atoms with van der Waals surface area (Å²) in [6, 6.07) is 1.72. The molecule has 0 amide bonds. The molecular weight excluding hydrogens is 274 g/mol. The lowest BCUT2D eigenvalue weighted by Gasteiger charge is -2.09. The van der Waals surface area contributed by atoms with Gasteiger partial charge in [0.15, 0.2) is 11.6 Å². The highest BCUT2D eigenvalue weighted by Crippen LogP contribution is 2.11. The van der Waals surface area contributed by atoms with Crippen molar-refractivity contribution in [3.63, 3.8) is 0 Å². The van der Waals surface area contributed by atoms with E-state index in [1.165, 1.54) is 0 Å². The summed E-state index contributed by atoms with van der Waals surface area (Å²) in [5.74, 6) is 8.35. The molecule has 2 aromatic heterocycles. The molecule has 21 heavy (non-hydrogen) atoms. The minimum Gasteiger partial charge on any atom is -0.374 e. The van der Waals surface area contributed by atoms with Crippen molar-refractivity contribution in [3.05, 3.63) is 23.6 Å². The van der Waals surface area contributed by atoms with E-state index in [0.29, 0.717) is 55.4 Å². The van der Waals surface area contributed by atoms with Crippen LogP contribution in [-0.4, -0.2) is 33.3 Å². The Hall–Kier alpha value is -2.26. The first-order valence-electron chi connectivity index (χ1n) is 6.66. The van der Waals surface area contributed by atoms with E-state index >= 15 is 0 Å². The summed E-state index contributed by atoms with van der Waals surface area (Å²) in [6.07, 6.45) is 0.632. The van der Waals surface area contributed by atoms with Gasteiger partial charge < -0.3 is 20.0 Å². The summed E-state index contributed by atoms with van der Waals surface area (Å²) in [5, 5.41) is 7.00. The fourth-order valence-corrected chi connectivity index (χ4v) is 1.66. The summed E-state index contributed by atoms with van der Waals surface area (Å²) in [6.45, 7) is 5.23. The third kappa shape index (κ3) is 4.65. The van der Waals surface area contributed by atoms with E-state index in [9.17, 15) is 0 Å². The van der Waals surface area contributed by atoms with E-state index in [0.717, 1.165) is 0 Å². The molecule has 0 bridgehead atoms. The van der Waals surface area contributed by atoms with Crippen molar-refractivity contribution >= 4 is 11.6 Å². The van der Waals surface area contributed by atoms with Crippen LogP contribution in [0.3, 0.4) is 0 Å². The Morgan fingerprint density at radius 1 is 1.24 bits per heavy atom. The number of aryl methyl sites for hydroxylation is 1. The van der Waals surface area contributed by atoms with Crippen molar-refractivity contribution in [2.75, 3.05) is 23.9 Å². The van der Waals surface area contributed by atoms with E-state index in [1.54, 1.807) is 13.0 Å². The standard InChI is InChI=1S/C12H19N7O2/c1-3-20-7-12-16-10(6-11(17-12)18-13)14-5-4-9-15-8(2)21-19-9/h6H,3-5,7,13H2,1-2H3,(H2,14,16,17,18). The van der Waals surface area contributed by atoms with Gasteiger partial charge in [-0.15, -0.1) is 0 Å². The van der Waals surface area contributed by atoms with Gasteiger partial charge in [0.25, 0.3) is 0 Å². The molecule has 9 nitrogen and oxygen atoms in total. The molecule has 0 aliphatic heterocycles. The molecule has 0 atom stereocenters. The molecule has 0 fully saturated rings. The molecule has 0 saturated carbocycles. The second-order valence-corrected chi connectivity index (χ2v) is 4.24. The maximum absolute atomic E-state index is 5.40. The van der Waals surface area contributed by atoms with Gasteiger partial charge in [0.05, 0.1) is 0 Å². The molecule has 9 heteroatoms. The summed E-state index contributed by atoms with van der Waals surface area (Å²) in [4.78, 5) is 12.7. The number of hydrazine groups is 1.